The molecule has 5 heteroatoms. The minimum absolute atomic E-state index is 0.0261. The summed E-state index contributed by atoms with van der Waals surface area (Å²) in [6.07, 6.45) is 3.85. The number of nitrogens with one attached hydrogen (secondary N) is 1. The number of anilines is 1. The van der Waals surface area contributed by atoms with Crippen molar-refractivity contribution in [1.29, 1.82) is 0 Å². The van der Waals surface area contributed by atoms with E-state index in [1.807, 2.05) is 18.2 Å². The van der Waals surface area contributed by atoms with Crippen LogP contribution in [-0.2, 0) is 19.8 Å². The molecule has 4 bridgehead atoms. The fourth-order valence-electron chi connectivity index (χ4n) is 5.66. The summed E-state index contributed by atoms with van der Waals surface area (Å²) in [6, 6.07) is 8.33. The van der Waals surface area contributed by atoms with E-state index in [9.17, 15) is 4.79 Å². The first-order valence-corrected chi connectivity index (χ1v) is 9.19. The minimum Gasteiger partial charge on any atom is -0.376 e. The second-order valence-electron chi connectivity index (χ2n) is 7.65. The number of nitrogens with zero attached hydrogens (tertiary/aromatic N) is 1. The van der Waals surface area contributed by atoms with Crippen molar-refractivity contribution in [3.8, 4) is 0 Å². The number of amides is 1. The van der Waals surface area contributed by atoms with Crippen LogP contribution in [0.25, 0.3) is 0 Å². The van der Waals surface area contributed by atoms with Gasteiger partial charge in [0.05, 0.1) is 25.5 Å². The summed E-state index contributed by atoms with van der Waals surface area (Å²) in [5.41, 5.74) is 2.75. The van der Waals surface area contributed by atoms with E-state index in [0.717, 1.165) is 37.2 Å². The van der Waals surface area contributed by atoms with E-state index in [-0.39, 0.29) is 12.0 Å². The lowest BCUT2D eigenvalue weighted by atomic mass is 9.72. The van der Waals surface area contributed by atoms with Gasteiger partial charge in [0.15, 0.2) is 0 Å². The average Bonchev–Trinajstić information content (AvgIpc) is 2.74. The van der Waals surface area contributed by atoms with Gasteiger partial charge in [-0.05, 0) is 37.3 Å². The first kappa shape index (κ1) is 15.6. The number of allylic oxidation sites excluding steroid dienone is 1. The summed E-state index contributed by atoms with van der Waals surface area (Å²) >= 11 is 0. The molecule has 1 N–H and O–H groups in total. The lowest BCUT2D eigenvalue weighted by molar-refractivity contribution is -0.137. The Morgan fingerprint density at radius 2 is 2.24 bits per heavy atom. The molecule has 1 aromatic rings. The van der Waals surface area contributed by atoms with Crippen LogP contribution in [0.5, 0.6) is 0 Å². The van der Waals surface area contributed by atoms with Gasteiger partial charge in [0.25, 0.3) is 5.91 Å². The van der Waals surface area contributed by atoms with E-state index in [4.69, 9.17) is 9.57 Å². The van der Waals surface area contributed by atoms with Crippen molar-refractivity contribution in [2.24, 2.45) is 11.8 Å². The number of benzene rings is 1. The number of carbonyl (C=O) groups excluding carboxylic acids is 1. The first-order chi connectivity index (χ1) is 12.2. The van der Waals surface area contributed by atoms with Gasteiger partial charge < -0.3 is 10.1 Å². The third kappa shape index (κ3) is 1.86. The van der Waals surface area contributed by atoms with E-state index in [1.54, 1.807) is 7.11 Å². The van der Waals surface area contributed by atoms with Crippen molar-refractivity contribution < 1.29 is 14.4 Å². The highest BCUT2D eigenvalue weighted by molar-refractivity contribution is 6.07. The van der Waals surface area contributed by atoms with Crippen molar-refractivity contribution >= 4 is 11.6 Å². The van der Waals surface area contributed by atoms with Crippen molar-refractivity contribution in [2.45, 2.75) is 37.3 Å². The number of hydrogen-bond donors (Lipinski definition) is 1. The molecular weight excluding hydrogens is 316 g/mol. The Bertz CT molecular complexity index is 761. The third-order valence-corrected chi connectivity index (χ3v) is 6.85. The molecule has 5 atom stereocenters. The Balaban J connectivity index is 1.68. The second kappa shape index (κ2) is 5.40. The van der Waals surface area contributed by atoms with Crippen molar-refractivity contribution in [2.75, 3.05) is 25.3 Å². The molecule has 4 heterocycles. The van der Waals surface area contributed by atoms with Crippen LogP contribution in [-0.4, -0.2) is 38.3 Å². The number of hydroxylamine groups is 1. The molecule has 1 amide bonds. The third-order valence-electron chi connectivity index (χ3n) is 6.85. The van der Waals surface area contributed by atoms with E-state index in [1.165, 1.54) is 10.6 Å². The first-order valence-electron chi connectivity index (χ1n) is 9.19. The molecule has 1 spiro atoms. The van der Waals surface area contributed by atoms with E-state index in [0.29, 0.717) is 17.9 Å². The molecule has 1 saturated carbocycles. The Morgan fingerprint density at radius 1 is 1.40 bits per heavy atom. The highest BCUT2D eigenvalue weighted by atomic mass is 16.7. The monoisotopic (exact) mass is 340 g/mol. The molecule has 25 heavy (non-hydrogen) atoms. The SMILES string of the molecule is C/C=C1/CNC2CC3(C(=O)N(OC)c4ccccc43)C3CC1C2CO3. The lowest BCUT2D eigenvalue weighted by Gasteiger charge is -2.42. The number of rotatable bonds is 1. The zero-order valence-electron chi connectivity index (χ0n) is 14.7. The van der Waals surface area contributed by atoms with Crippen molar-refractivity contribution in [3.63, 3.8) is 0 Å². The predicted octanol–water partition coefficient (Wildman–Crippen LogP) is 2.18. The molecule has 4 aliphatic heterocycles. The van der Waals surface area contributed by atoms with Crippen LogP contribution in [0.3, 0.4) is 0 Å². The summed E-state index contributed by atoms with van der Waals surface area (Å²) in [7, 11) is 1.57. The maximum absolute atomic E-state index is 13.5. The number of hydrogen-bond acceptors (Lipinski definition) is 4. The van der Waals surface area contributed by atoms with Crippen LogP contribution >= 0.6 is 0 Å². The van der Waals surface area contributed by atoms with Crippen LogP contribution < -0.4 is 10.4 Å². The topological polar surface area (TPSA) is 50.8 Å². The van der Waals surface area contributed by atoms with Crippen molar-refractivity contribution in [3.05, 3.63) is 41.5 Å². The Morgan fingerprint density at radius 3 is 3.04 bits per heavy atom. The number of para-hydroxylation sites is 1. The summed E-state index contributed by atoms with van der Waals surface area (Å²) in [5, 5.41) is 5.16. The molecule has 5 unspecified atom stereocenters. The number of fused-ring (bicyclic) bond motifs is 2. The molecule has 5 nitrogen and oxygen atoms in total. The highest BCUT2D eigenvalue weighted by Crippen LogP contribution is 2.55. The molecule has 0 radical (unpaired) electrons. The van der Waals surface area contributed by atoms with Gasteiger partial charge in [-0.3, -0.25) is 9.63 Å². The van der Waals surface area contributed by atoms with Gasteiger partial charge in [-0.15, -0.1) is 0 Å². The number of piperidine rings is 1. The summed E-state index contributed by atoms with van der Waals surface area (Å²) < 4.78 is 6.32. The molecule has 5 aliphatic rings. The Hall–Kier alpha value is -1.69. The second-order valence-corrected chi connectivity index (χ2v) is 7.65. The zero-order valence-corrected chi connectivity index (χ0v) is 14.7. The maximum atomic E-state index is 13.5. The summed E-state index contributed by atoms with van der Waals surface area (Å²) in [4.78, 5) is 19.0. The predicted molar refractivity (Wildman–Crippen MR) is 94.1 cm³/mol. The van der Waals surface area contributed by atoms with Gasteiger partial charge in [0.1, 0.15) is 5.41 Å². The summed E-state index contributed by atoms with van der Waals surface area (Å²) in [6.45, 7) is 3.78. The minimum atomic E-state index is -0.642. The number of carbonyl (C=O) groups is 1. The molecule has 1 aromatic carbocycles. The molecular formula is C20H24N2O3. The van der Waals surface area contributed by atoms with Gasteiger partial charge in [0.2, 0.25) is 0 Å². The molecule has 3 saturated heterocycles. The van der Waals surface area contributed by atoms with E-state index >= 15 is 0 Å². The molecule has 0 aromatic heterocycles. The fourth-order valence-corrected chi connectivity index (χ4v) is 5.66. The highest BCUT2D eigenvalue weighted by Gasteiger charge is 2.63. The Kier molecular flexibility index (Phi) is 3.36. The van der Waals surface area contributed by atoms with Gasteiger partial charge in [-0.1, -0.05) is 29.8 Å². The smallest absolute Gasteiger partial charge is 0.264 e. The van der Waals surface area contributed by atoms with Crippen LogP contribution in [0.2, 0.25) is 0 Å². The van der Waals surface area contributed by atoms with Crippen LogP contribution in [0.4, 0.5) is 5.69 Å². The quantitative estimate of drug-likeness (QED) is 0.796. The molecule has 132 valence electrons. The fraction of sp³-hybridized carbons (Fsp3) is 0.550. The lowest BCUT2D eigenvalue weighted by Crippen LogP contribution is -2.50. The van der Waals surface area contributed by atoms with Crippen LogP contribution in [0, 0.1) is 11.8 Å². The van der Waals surface area contributed by atoms with Crippen molar-refractivity contribution in [1.82, 2.24) is 5.32 Å². The maximum Gasteiger partial charge on any atom is 0.264 e. The van der Waals surface area contributed by atoms with Gasteiger partial charge >= 0.3 is 0 Å². The average molecular weight is 340 g/mol. The standard InChI is InChI=1S/C20H24N2O3/c1-3-12-10-21-16-9-20(18-8-13(12)14(16)11-25-18)15-6-4-5-7-17(15)22(24-2)19(20)23/h3-7,13-14,16,18,21H,8-11H2,1-2H3/b12-3-. The molecule has 1 aliphatic carbocycles. The molecule has 4 fully saturated rings. The normalized spacial score (nSPS) is 40.6. The number of ether oxygens (including phenoxy) is 1. The van der Waals surface area contributed by atoms with Gasteiger partial charge in [-0.25, -0.2) is 0 Å². The zero-order chi connectivity index (χ0) is 17.2. The molecule has 6 rings (SSSR count). The van der Waals surface area contributed by atoms with Crippen LogP contribution in [0.15, 0.2) is 35.9 Å². The Labute approximate surface area is 147 Å². The largest absolute Gasteiger partial charge is 0.376 e. The van der Waals surface area contributed by atoms with Gasteiger partial charge in [-0.2, -0.15) is 5.06 Å². The van der Waals surface area contributed by atoms with Crippen LogP contribution in [0.1, 0.15) is 25.3 Å². The van der Waals surface area contributed by atoms with Gasteiger partial charge in [0, 0.05) is 18.5 Å². The van der Waals surface area contributed by atoms with E-state index in [2.05, 4.69) is 24.4 Å². The van der Waals surface area contributed by atoms with E-state index < -0.39 is 5.41 Å². The summed E-state index contributed by atoms with van der Waals surface area (Å²) in [5.74, 6) is 0.997.